The SMILES string of the molecule is CSN[C@H]1CCNC[C@H]1COC1CCC(c2ccc3c(c2)ncn3C)CC1. The van der Waals surface area contributed by atoms with Crippen molar-refractivity contribution in [2.75, 3.05) is 26.0 Å². The van der Waals surface area contributed by atoms with Crippen molar-refractivity contribution >= 4 is 23.0 Å². The lowest BCUT2D eigenvalue weighted by molar-refractivity contribution is -0.00384. The third-order valence-electron chi connectivity index (χ3n) is 6.32. The highest BCUT2D eigenvalue weighted by atomic mass is 32.2. The third kappa shape index (κ3) is 4.50. The summed E-state index contributed by atoms with van der Waals surface area (Å²) < 4.78 is 12.0. The molecular formula is C21H32N4OS. The number of hydrogen-bond acceptors (Lipinski definition) is 5. The van der Waals surface area contributed by atoms with Crippen molar-refractivity contribution in [2.45, 2.75) is 50.2 Å². The third-order valence-corrected chi connectivity index (χ3v) is 6.86. The zero-order valence-corrected chi connectivity index (χ0v) is 17.3. The second-order valence-electron chi connectivity index (χ2n) is 8.09. The summed E-state index contributed by atoms with van der Waals surface area (Å²) in [7, 11) is 2.05. The molecule has 1 aliphatic heterocycles. The van der Waals surface area contributed by atoms with Gasteiger partial charge in [0.05, 0.1) is 30.1 Å². The first-order valence-corrected chi connectivity index (χ1v) is 11.5. The molecule has 4 rings (SSSR count). The zero-order valence-electron chi connectivity index (χ0n) is 16.5. The molecule has 2 heterocycles. The van der Waals surface area contributed by atoms with Crippen LogP contribution < -0.4 is 10.0 Å². The molecule has 1 aliphatic carbocycles. The van der Waals surface area contributed by atoms with Crippen molar-refractivity contribution in [3.8, 4) is 0 Å². The number of fused-ring (bicyclic) bond motifs is 1. The van der Waals surface area contributed by atoms with E-state index >= 15 is 0 Å². The molecule has 6 heteroatoms. The summed E-state index contributed by atoms with van der Waals surface area (Å²) in [5, 5.41) is 3.52. The Hall–Kier alpha value is -1.08. The summed E-state index contributed by atoms with van der Waals surface area (Å²) in [6, 6.07) is 7.37. The molecule has 2 aliphatic rings. The Labute approximate surface area is 166 Å². The van der Waals surface area contributed by atoms with Crippen LogP contribution in [0.2, 0.25) is 0 Å². The van der Waals surface area contributed by atoms with Gasteiger partial charge in [-0.15, -0.1) is 0 Å². The molecule has 1 aromatic heterocycles. The first kappa shape index (κ1) is 19.2. The number of hydrogen-bond donors (Lipinski definition) is 2. The molecule has 27 heavy (non-hydrogen) atoms. The number of benzene rings is 1. The average Bonchev–Trinajstić information content (AvgIpc) is 3.08. The van der Waals surface area contributed by atoms with Gasteiger partial charge in [-0.05, 0) is 68.5 Å². The standard InChI is InChI=1S/C21H32N4OS/c1-25-14-23-20-11-16(5-8-21(20)25)15-3-6-18(7-4-15)26-13-17-12-22-10-9-19(17)24-27-2/h5,8,11,14-15,17-19,22,24H,3-4,6-7,9-10,12-13H2,1-2H3/t15?,17-,18?,19-/m0/s1. The van der Waals surface area contributed by atoms with Gasteiger partial charge >= 0.3 is 0 Å². The van der Waals surface area contributed by atoms with Crippen molar-refractivity contribution in [1.29, 1.82) is 0 Å². The van der Waals surface area contributed by atoms with Crippen LogP contribution in [0, 0.1) is 5.92 Å². The number of imidazole rings is 1. The molecule has 2 N–H and O–H groups in total. The number of nitrogens with zero attached hydrogens (tertiary/aromatic N) is 2. The lowest BCUT2D eigenvalue weighted by Crippen LogP contribution is -2.47. The van der Waals surface area contributed by atoms with Gasteiger partial charge in [0, 0.05) is 25.6 Å². The molecule has 1 aromatic carbocycles. The van der Waals surface area contributed by atoms with Gasteiger partial charge in [-0.2, -0.15) is 0 Å². The van der Waals surface area contributed by atoms with Crippen LogP contribution >= 0.6 is 11.9 Å². The predicted octanol–water partition coefficient (Wildman–Crippen LogP) is 3.46. The first-order valence-electron chi connectivity index (χ1n) is 10.3. The quantitative estimate of drug-likeness (QED) is 0.742. The maximum absolute atomic E-state index is 6.35. The van der Waals surface area contributed by atoms with Crippen LogP contribution in [0.5, 0.6) is 0 Å². The minimum Gasteiger partial charge on any atom is -0.378 e. The number of nitrogens with one attached hydrogen (secondary N) is 2. The lowest BCUT2D eigenvalue weighted by atomic mass is 9.82. The van der Waals surface area contributed by atoms with Crippen LogP contribution in [0.15, 0.2) is 24.5 Å². The highest BCUT2D eigenvalue weighted by Gasteiger charge is 2.28. The average molecular weight is 389 g/mol. The second kappa shape index (κ2) is 8.95. The number of rotatable bonds is 6. The summed E-state index contributed by atoms with van der Waals surface area (Å²) in [4.78, 5) is 4.52. The maximum atomic E-state index is 6.35. The van der Waals surface area contributed by atoms with Crippen molar-refractivity contribution in [3.05, 3.63) is 30.1 Å². The fourth-order valence-corrected chi connectivity index (χ4v) is 5.25. The minimum absolute atomic E-state index is 0.427. The van der Waals surface area contributed by atoms with Gasteiger partial charge in [0.2, 0.25) is 0 Å². The minimum atomic E-state index is 0.427. The Morgan fingerprint density at radius 3 is 2.93 bits per heavy atom. The van der Waals surface area contributed by atoms with Crippen molar-refractivity contribution in [1.82, 2.24) is 19.6 Å². The van der Waals surface area contributed by atoms with E-state index in [2.05, 4.69) is 51.1 Å². The summed E-state index contributed by atoms with van der Waals surface area (Å²) in [5.41, 5.74) is 3.77. The Bertz CT molecular complexity index is 739. The Morgan fingerprint density at radius 2 is 2.11 bits per heavy atom. The van der Waals surface area contributed by atoms with Gasteiger partial charge in [0.1, 0.15) is 0 Å². The molecule has 0 bridgehead atoms. The van der Waals surface area contributed by atoms with Gasteiger partial charge < -0.3 is 14.6 Å². The van der Waals surface area contributed by atoms with E-state index in [-0.39, 0.29) is 0 Å². The molecule has 5 nitrogen and oxygen atoms in total. The van der Waals surface area contributed by atoms with Crippen LogP contribution in [0.3, 0.4) is 0 Å². The van der Waals surface area contributed by atoms with Crippen LogP contribution in [-0.2, 0) is 11.8 Å². The molecule has 2 atom stereocenters. The number of ether oxygens (including phenoxy) is 1. The Morgan fingerprint density at radius 1 is 1.26 bits per heavy atom. The Kier molecular flexibility index (Phi) is 6.38. The van der Waals surface area contributed by atoms with Crippen LogP contribution in [0.4, 0.5) is 0 Å². The number of aryl methyl sites for hydroxylation is 1. The fourth-order valence-electron chi connectivity index (χ4n) is 4.63. The van der Waals surface area contributed by atoms with E-state index in [0.717, 1.165) is 25.2 Å². The van der Waals surface area contributed by atoms with E-state index < -0.39 is 0 Å². The monoisotopic (exact) mass is 388 g/mol. The molecule has 0 amide bonds. The molecule has 0 radical (unpaired) electrons. The summed E-state index contributed by atoms with van der Waals surface area (Å²) in [6.45, 7) is 3.05. The largest absolute Gasteiger partial charge is 0.378 e. The summed E-state index contributed by atoms with van der Waals surface area (Å²) >= 11 is 1.73. The molecule has 1 saturated carbocycles. The van der Waals surface area contributed by atoms with Gasteiger partial charge in [-0.3, -0.25) is 4.72 Å². The van der Waals surface area contributed by atoms with E-state index in [1.807, 2.05) is 6.33 Å². The van der Waals surface area contributed by atoms with Gasteiger partial charge in [0.15, 0.2) is 0 Å². The summed E-state index contributed by atoms with van der Waals surface area (Å²) in [5.74, 6) is 1.23. The van der Waals surface area contributed by atoms with E-state index in [0.29, 0.717) is 24.0 Å². The first-order chi connectivity index (χ1) is 13.2. The Balaban J connectivity index is 1.28. The van der Waals surface area contributed by atoms with E-state index in [1.54, 1.807) is 11.9 Å². The van der Waals surface area contributed by atoms with E-state index in [9.17, 15) is 0 Å². The zero-order chi connectivity index (χ0) is 18.6. The molecule has 148 valence electrons. The topological polar surface area (TPSA) is 51.1 Å². The van der Waals surface area contributed by atoms with Crippen molar-refractivity contribution < 1.29 is 4.74 Å². The maximum Gasteiger partial charge on any atom is 0.0955 e. The van der Waals surface area contributed by atoms with Gasteiger partial charge in [0.25, 0.3) is 0 Å². The fraction of sp³-hybridized carbons (Fsp3) is 0.667. The van der Waals surface area contributed by atoms with Crippen molar-refractivity contribution in [3.63, 3.8) is 0 Å². The second-order valence-corrected chi connectivity index (χ2v) is 8.74. The number of piperidine rings is 1. The normalized spacial score (nSPS) is 29.3. The lowest BCUT2D eigenvalue weighted by Gasteiger charge is -2.34. The number of aromatic nitrogens is 2. The predicted molar refractivity (Wildman–Crippen MR) is 113 cm³/mol. The van der Waals surface area contributed by atoms with Crippen molar-refractivity contribution in [2.24, 2.45) is 13.0 Å². The smallest absolute Gasteiger partial charge is 0.0955 e. The van der Waals surface area contributed by atoms with E-state index in [1.165, 1.54) is 43.2 Å². The molecule has 2 aromatic rings. The van der Waals surface area contributed by atoms with Crippen LogP contribution in [-0.4, -0.2) is 47.6 Å². The van der Waals surface area contributed by atoms with Gasteiger partial charge in [-0.1, -0.05) is 18.0 Å². The van der Waals surface area contributed by atoms with E-state index in [4.69, 9.17) is 4.74 Å². The summed E-state index contributed by atoms with van der Waals surface area (Å²) in [6.07, 6.45) is 10.4. The highest BCUT2D eigenvalue weighted by Crippen LogP contribution is 2.35. The molecule has 0 spiro atoms. The van der Waals surface area contributed by atoms with Crippen LogP contribution in [0.25, 0.3) is 11.0 Å². The highest BCUT2D eigenvalue weighted by molar-refractivity contribution is 7.96. The van der Waals surface area contributed by atoms with Crippen LogP contribution in [0.1, 0.15) is 43.6 Å². The molecule has 1 saturated heterocycles. The molecule has 2 fully saturated rings. The van der Waals surface area contributed by atoms with Gasteiger partial charge in [-0.25, -0.2) is 4.98 Å². The molecule has 0 unspecified atom stereocenters. The molecular weight excluding hydrogens is 356 g/mol.